The molecule has 0 atom stereocenters. The number of Topliss-reactive ketones (excluding diaryl/α,β-unsaturated/α-hetero) is 1. The molecule has 1 aromatic carbocycles. The van der Waals surface area contributed by atoms with Gasteiger partial charge in [0.25, 0.3) is 6.43 Å². The van der Waals surface area contributed by atoms with Gasteiger partial charge >= 0.3 is 0 Å². The Morgan fingerprint density at radius 2 is 2.00 bits per heavy atom. The minimum Gasteiger partial charge on any atom is -0.494 e. The number of nitrogens with zero attached hydrogens (tertiary/aromatic N) is 1. The van der Waals surface area contributed by atoms with E-state index in [-0.39, 0.29) is 25.5 Å². The van der Waals surface area contributed by atoms with Gasteiger partial charge in [-0.05, 0) is 31.2 Å². The van der Waals surface area contributed by atoms with E-state index < -0.39 is 13.0 Å². The van der Waals surface area contributed by atoms with Crippen LogP contribution >= 0.6 is 0 Å². The topological polar surface area (TPSA) is 49.8 Å². The molecule has 0 aliphatic carbocycles. The lowest BCUT2D eigenvalue weighted by Crippen LogP contribution is -2.36. The first-order chi connectivity index (χ1) is 9.56. The molecule has 0 heterocycles. The minimum absolute atomic E-state index is 0.0487. The molecule has 0 spiro atoms. The Morgan fingerprint density at radius 1 is 1.35 bits per heavy atom. The molecule has 1 N–H and O–H groups in total. The average molecular weight is 287 g/mol. The Morgan fingerprint density at radius 3 is 2.50 bits per heavy atom. The number of halogens is 2. The molecule has 0 radical (unpaired) electrons. The maximum Gasteiger partial charge on any atom is 0.251 e. The van der Waals surface area contributed by atoms with Crippen LogP contribution < -0.4 is 4.74 Å². The number of hydrogen-bond donors (Lipinski definition) is 1. The van der Waals surface area contributed by atoms with Gasteiger partial charge in [-0.3, -0.25) is 9.69 Å². The van der Waals surface area contributed by atoms with E-state index in [2.05, 4.69) is 0 Å². The van der Waals surface area contributed by atoms with Crippen LogP contribution in [0.1, 0.15) is 17.3 Å². The first kappa shape index (κ1) is 16.5. The molecule has 0 aliphatic rings. The van der Waals surface area contributed by atoms with Crippen LogP contribution in [-0.2, 0) is 0 Å². The minimum atomic E-state index is -2.53. The Hall–Kier alpha value is -1.53. The highest BCUT2D eigenvalue weighted by molar-refractivity contribution is 5.97. The molecule has 0 saturated carbocycles. The highest BCUT2D eigenvalue weighted by Gasteiger charge is 2.16. The van der Waals surface area contributed by atoms with Gasteiger partial charge in [-0.25, -0.2) is 8.78 Å². The number of carbonyl (C=O) groups is 1. The van der Waals surface area contributed by atoms with Gasteiger partial charge in [0.2, 0.25) is 0 Å². The maximum atomic E-state index is 12.3. The van der Waals surface area contributed by atoms with Gasteiger partial charge in [0.05, 0.1) is 26.3 Å². The summed E-state index contributed by atoms with van der Waals surface area (Å²) in [5.74, 6) is 0.394. The third kappa shape index (κ3) is 5.63. The summed E-state index contributed by atoms with van der Waals surface area (Å²) in [6, 6.07) is 6.54. The van der Waals surface area contributed by atoms with Crippen LogP contribution in [0, 0.1) is 0 Å². The van der Waals surface area contributed by atoms with Crippen molar-refractivity contribution >= 4 is 5.78 Å². The fourth-order valence-electron chi connectivity index (χ4n) is 1.77. The highest BCUT2D eigenvalue weighted by Crippen LogP contribution is 2.13. The van der Waals surface area contributed by atoms with Crippen LogP contribution in [0.2, 0.25) is 0 Å². The number of benzene rings is 1. The Kier molecular flexibility index (Phi) is 7.11. The molecule has 0 amide bonds. The molecule has 0 bridgehead atoms. The molecular formula is C14H19F2NO3. The van der Waals surface area contributed by atoms with Crippen LogP contribution in [0.4, 0.5) is 8.78 Å². The van der Waals surface area contributed by atoms with Crippen molar-refractivity contribution in [2.24, 2.45) is 0 Å². The predicted octanol–water partition coefficient (Wildman–Crippen LogP) is 1.83. The van der Waals surface area contributed by atoms with Gasteiger partial charge in [-0.1, -0.05) is 0 Å². The molecule has 4 nitrogen and oxygen atoms in total. The lowest BCUT2D eigenvalue weighted by molar-refractivity contribution is 0.0689. The quantitative estimate of drug-likeness (QED) is 0.704. The zero-order valence-corrected chi connectivity index (χ0v) is 11.4. The van der Waals surface area contributed by atoms with Gasteiger partial charge in [-0.15, -0.1) is 0 Å². The number of carbonyl (C=O) groups excluding carboxylic acids is 1. The van der Waals surface area contributed by atoms with Crippen molar-refractivity contribution in [3.63, 3.8) is 0 Å². The van der Waals surface area contributed by atoms with Gasteiger partial charge in [-0.2, -0.15) is 0 Å². The second kappa shape index (κ2) is 8.60. The number of rotatable bonds is 9. The SMILES string of the molecule is CCOc1ccc(C(=O)CN(CCO)CC(F)F)cc1. The number of ketones is 1. The monoisotopic (exact) mass is 287 g/mol. The number of aliphatic hydroxyl groups is 1. The van der Waals surface area contributed by atoms with Gasteiger partial charge in [0.15, 0.2) is 5.78 Å². The number of aliphatic hydroxyl groups excluding tert-OH is 1. The van der Waals surface area contributed by atoms with Crippen LogP contribution in [0.3, 0.4) is 0 Å². The standard InChI is InChI=1S/C14H19F2NO3/c1-2-20-12-5-3-11(4-6-12)13(19)9-17(7-8-18)10-14(15)16/h3-6,14,18H,2,7-10H2,1H3. The summed E-state index contributed by atoms with van der Waals surface area (Å²) in [7, 11) is 0. The summed E-state index contributed by atoms with van der Waals surface area (Å²) in [5.41, 5.74) is 0.436. The van der Waals surface area contributed by atoms with Gasteiger partial charge < -0.3 is 9.84 Å². The van der Waals surface area contributed by atoms with Crippen molar-refractivity contribution in [3.8, 4) is 5.75 Å². The zero-order valence-electron chi connectivity index (χ0n) is 11.4. The third-order valence-corrected chi connectivity index (χ3v) is 2.67. The van der Waals surface area contributed by atoms with Crippen molar-refractivity contribution in [2.45, 2.75) is 13.3 Å². The summed E-state index contributed by atoms with van der Waals surface area (Å²) < 4.78 is 30.0. The van der Waals surface area contributed by atoms with E-state index in [9.17, 15) is 13.6 Å². The molecule has 20 heavy (non-hydrogen) atoms. The van der Waals surface area contributed by atoms with Crippen LogP contribution in [0.5, 0.6) is 5.75 Å². The molecule has 112 valence electrons. The Balaban J connectivity index is 2.63. The van der Waals surface area contributed by atoms with Crippen molar-refractivity contribution < 1.29 is 23.4 Å². The first-order valence-electron chi connectivity index (χ1n) is 6.44. The van der Waals surface area contributed by atoms with Crippen molar-refractivity contribution in [1.29, 1.82) is 0 Å². The lowest BCUT2D eigenvalue weighted by Gasteiger charge is -2.19. The second-order valence-electron chi connectivity index (χ2n) is 4.23. The van der Waals surface area contributed by atoms with Gasteiger partial charge in [0, 0.05) is 12.1 Å². The molecule has 6 heteroatoms. The normalized spacial score (nSPS) is 11.1. The number of ether oxygens (including phenoxy) is 1. The third-order valence-electron chi connectivity index (χ3n) is 2.67. The van der Waals surface area contributed by atoms with Crippen molar-refractivity contribution in [1.82, 2.24) is 4.90 Å². The zero-order chi connectivity index (χ0) is 15.0. The fraction of sp³-hybridized carbons (Fsp3) is 0.500. The molecule has 1 rings (SSSR count). The Bertz CT molecular complexity index is 409. The summed E-state index contributed by atoms with van der Waals surface area (Å²) in [5, 5.41) is 8.81. The van der Waals surface area contributed by atoms with E-state index in [1.54, 1.807) is 24.3 Å². The number of alkyl halides is 2. The van der Waals surface area contributed by atoms with E-state index in [1.807, 2.05) is 6.92 Å². The van der Waals surface area contributed by atoms with Gasteiger partial charge in [0.1, 0.15) is 5.75 Å². The largest absolute Gasteiger partial charge is 0.494 e. The Labute approximate surface area is 117 Å². The summed E-state index contributed by atoms with van der Waals surface area (Å²) in [4.78, 5) is 13.2. The molecule has 0 unspecified atom stereocenters. The number of hydrogen-bond acceptors (Lipinski definition) is 4. The highest BCUT2D eigenvalue weighted by atomic mass is 19.3. The van der Waals surface area contributed by atoms with E-state index in [1.165, 1.54) is 4.90 Å². The van der Waals surface area contributed by atoms with Crippen LogP contribution in [0.25, 0.3) is 0 Å². The smallest absolute Gasteiger partial charge is 0.251 e. The van der Waals surface area contributed by atoms with Crippen molar-refractivity contribution in [3.05, 3.63) is 29.8 Å². The second-order valence-corrected chi connectivity index (χ2v) is 4.23. The average Bonchev–Trinajstić information content (AvgIpc) is 2.39. The van der Waals surface area contributed by atoms with E-state index in [0.717, 1.165) is 0 Å². The predicted molar refractivity (Wildman–Crippen MR) is 71.5 cm³/mol. The molecule has 0 aliphatic heterocycles. The van der Waals surface area contributed by atoms with E-state index >= 15 is 0 Å². The molecule has 0 fully saturated rings. The summed E-state index contributed by atoms with van der Waals surface area (Å²) in [6.45, 7) is 1.51. The maximum absolute atomic E-state index is 12.3. The summed E-state index contributed by atoms with van der Waals surface area (Å²) in [6.07, 6.45) is -2.53. The van der Waals surface area contributed by atoms with Crippen LogP contribution in [-0.4, -0.2) is 55.1 Å². The molecule has 0 saturated heterocycles. The van der Waals surface area contributed by atoms with Crippen molar-refractivity contribution in [2.75, 3.05) is 32.8 Å². The first-order valence-corrected chi connectivity index (χ1v) is 6.44. The molecular weight excluding hydrogens is 268 g/mol. The molecule has 0 aromatic heterocycles. The fourth-order valence-corrected chi connectivity index (χ4v) is 1.77. The molecule has 1 aromatic rings. The van der Waals surface area contributed by atoms with E-state index in [0.29, 0.717) is 17.9 Å². The summed E-state index contributed by atoms with van der Waals surface area (Å²) >= 11 is 0. The van der Waals surface area contributed by atoms with Crippen LogP contribution in [0.15, 0.2) is 24.3 Å². The van der Waals surface area contributed by atoms with E-state index in [4.69, 9.17) is 9.84 Å². The lowest BCUT2D eigenvalue weighted by atomic mass is 10.1.